The van der Waals surface area contributed by atoms with Gasteiger partial charge in [0.15, 0.2) is 0 Å². The monoisotopic (exact) mass is 303 g/mol. The first-order valence-electron chi connectivity index (χ1n) is 7.62. The van der Waals surface area contributed by atoms with Crippen LogP contribution >= 0.6 is 0 Å². The van der Waals surface area contributed by atoms with Crippen molar-refractivity contribution in [2.45, 2.75) is 12.5 Å². The molecule has 2 fully saturated rings. The van der Waals surface area contributed by atoms with Gasteiger partial charge < -0.3 is 15.4 Å². The molecule has 2 aliphatic rings. The Hall–Kier alpha value is -1.92. The number of amides is 2. The van der Waals surface area contributed by atoms with Crippen LogP contribution in [0.25, 0.3) is 0 Å². The van der Waals surface area contributed by atoms with Gasteiger partial charge in [0, 0.05) is 31.7 Å². The summed E-state index contributed by atoms with van der Waals surface area (Å²) >= 11 is 0. The first-order chi connectivity index (χ1) is 10.6. The second-order valence-corrected chi connectivity index (χ2v) is 5.80. The minimum absolute atomic E-state index is 0.0407. The molecule has 2 heterocycles. The van der Waals surface area contributed by atoms with E-state index in [2.05, 4.69) is 4.90 Å². The predicted molar refractivity (Wildman–Crippen MR) is 81.4 cm³/mol. The predicted octanol–water partition coefficient (Wildman–Crippen LogP) is -0.129. The number of carbonyl (C=O) groups is 2. The molecular formula is C16H21N3O3. The number of morpholine rings is 1. The maximum Gasteiger partial charge on any atom is 0.248 e. The first kappa shape index (κ1) is 15.0. The lowest BCUT2D eigenvalue weighted by atomic mass is 10.0. The van der Waals surface area contributed by atoms with Crippen LogP contribution < -0.4 is 5.73 Å². The van der Waals surface area contributed by atoms with Crippen molar-refractivity contribution in [2.75, 3.05) is 39.4 Å². The summed E-state index contributed by atoms with van der Waals surface area (Å²) in [7, 11) is 0. The van der Waals surface area contributed by atoms with Gasteiger partial charge in [-0.15, -0.1) is 0 Å². The highest BCUT2D eigenvalue weighted by Crippen LogP contribution is 2.16. The topological polar surface area (TPSA) is 75.9 Å². The van der Waals surface area contributed by atoms with Crippen molar-refractivity contribution >= 4 is 11.8 Å². The molecule has 1 unspecified atom stereocenters. The standard InChI is InChI=1S/C16H21N3O3/c17-16(21)14-4-2-1-3-12(14)9-15(20)19-6-5-18-7-8-22-11-13(18)10-19/h1-4,13H,5-11H2,(H2,17,21). The van der Waals surface area contributed by atoms with Gasteiger partial charge in [0.2, 0.25) is 11.8 Å². The summed E-state index contributed by atoms with van der Waals surface area (Å²) in [5.74, 6) is -0.451. The minimum Gasteiger partial charge on any atom is -0.378 e. The van der Waals surface area contributed by atoms with Crippen LogP contribution in [0, 0.1) is 0 Å². The zero-order valence-electron chi connectivity index (χ0n) is 12.5. The maximum absolute atomic E-state index is 12.5. The number of nitrogens with zero attached hydrogens (tertiary/aromatic N) is 2. The molecule has 2 aliphatic heterocycles. The summed E-state index contributed by atoms with van der Waals surface area (Å²) < 4.78 is 5.50. The van der Waals surface area contributed by atoms with Gasteiger partial charge in [-0.3, -0.25) is 14.5 Å². The molecule has 3 rings (SSSR count). The molecule has 6 heteroatoms. The number of ether oxygens (including phenoxy) is 1. The van der Waals surface area contributed by atoms with E-state index in [1.165, 1.54) is 0 Å². The van der Waals surface area contributed by atoms with E-state index in [-0.39, 0.29) is 18.4 Å². The molecule has 2 saturated heterocycles. The van der Waals surface area contributed by atoms with Gasteiger partial charge in [0.1, 0.15) is 0 Å². The third kappa shape index (κ3) is 3.13. The molecule has 22 heavy (non-hydrogen) atoms. The highest BCUT2D eigenvalue weighted by atomic mass is 16.5. The van der Waals surface area contributed by atoms with E-state index in [4.69, 9.17) is 10.5 Å². The van der Waals surface area contributed by atoms with Gasteiger partial charge in [-0.05, 0) is 11.6 Å². The van der Waals surface area contributed by atoms with Crippen molar-refractivity contribution < 1.29 is 14.3 Å². The Bertz CT molecular complexity index is 576. The smallest absolute Gasteiger partial charge is 0.248 e. The molecule has 2 amide bonds. The Morgan fingerprint density at radius 2 is 2.05 bits per heavy atom. The fraction of sp³-hybridized carbons (Fsp3) is 0.500. The lowest BCUT2D eigenvalue weighted by Crippen LogP contribution is -2.59. The number of primary amides is 1. The largest absolute Gasteiger partial charge is 0.378 e. The number of hydrogen-bond donors (Lipinski definition) is 1. The van der Waals surface area contributed by atoms with Crippen LogP contribution in [0.4, 0.5) is 0 Å². The minimum atomic E-state index is -0.492. The third-order valence-corrected chi connectivity index (χ3v) is 4.41. The number of hydrogen-bond acceptors (Lipinski definition) is 4. The number of rotatable bonds is 3. The highest BCUT2D eigenvalue weighted by Gasteiger charge is 2.31. The SMILES string of the molecule is NC(=O)c1ccccc1CC(=O)N1CCN2CCOCC2C1. The van der Waals surface area contributed by atoms with Crippen molar-refractivity contribution in [1.82, 2.24) is 9.80 Å². The molecule has 0 aromatic heterocycles. The lowest BCUT2D eigenvalue weighted by Gasteiger charge is -2.43. The molecule has 118 valence electrons. The van der Waals surface area contributed by atoms with E-state index in [0.717, 1.165) is 26.2 Å². The van der Waals surface area contributed by atoms with Gasteiger partial charge in [0.05, 0.1) is 25.7 Å². The van der Waals surface area contributed by atoms with Gasteiger partial charge in [-0.1, -0.05) is 18.2 Å². The van der Waals surface area contributed by atoms with E-state index < -0.39 is 5.91 Å². The van der Waals surface area contributed by atoms with Crippen LogP contribution in [0.5, 0.6) is 0 Å². The molecular weight excluding hydrogens is 282 g/mol. The van der Waals surface area contributed by atoms with Gasteiger partial charge in [0.25, 0.3) is 0 Å². The average Bonchev–Trinajstić information content (AvgIpc) is 2.54. The molecule has 1 aromatic carbocycles. The Balaban J connectivity index is 1.66. The second-order valence-electron chi connectivity index (χ2n) is 5.80. The highest BCUT2D eigenvalue weighted by molar-refractivity contribution is 5.95. The summed E-state index contributed by atoms with van der Waals surface area (Å²) in [6, 6.07) is 7.32. The molecule has 0 bridgehead atoms. The van der Waals surface area contributed by atoms with E-state index >= 15 is 0 Å². The molecule has 1 atom stereocenters. The van der Waals surface area contributed by atoms with Crippen molar-refractivity contribution in [3.63, 3.8) is 0 Å². The molecule has 0 aliphatic carbocycles. The van der Waals surface area contributed by atoms with E-state index in [1.807, 2.05) is 11.0 Å². The maximum atomic E-state index is 12.5. The normalized spacial score (nSPS) is 22.2. The summed E-state index contributed by atoms with van der Waals surface area (Å²) in [5.41, 5.74) is 6.49. The number of fused-ring (bicyclic) bond motifs is 1. The van der Waals surface area contributed by atoms with Crippen LogP contribution in [0.2, 0.25) is 0 Å². The fourth-order valence-corrected chi connectivity index (χ4v) is 3.16. The summed E-state index contributed by atoms with van der Waals surface area (Å²) in [6.45, 7) is 4.71. The number of carbonyl (C=O) groups excluding carboxylic acids is 2. The van der Waals surface area contributed by atoms with Crippen molar-refractivity contribution in [2.24, 2.45) is 5.73 Å². The first-order valence-corrected chi connectivity index (χ1v) is 7.62. The lowest BCUT2D eigenvalue weighted by molar-refractivity contribution is -0.136. The Morgan fingerprint density at radius 3 is 2.86 bits per heavy atom. The zero-order chi connectivity index (χ0) is 15.5. The van der Waals surface area contributed by atoms with Crippen molar-refractivity contribution in [3.05, 3.63) is 35.4 Å². The second kappa shape index (κ2) is 6.46. The summed E-state index contributed by atoms with van der Waals surface area (Å²) in [5, 5.41) is 0. The van der Waals surface area contributed by atoms with E-state index in [1.54, 1.807) is 18.2 Å². The summed E-state index contributed by atoms with van der Waals surface area (Å²) in [6.07, 6.45) is 0.215. The van der Waals surface area contributed by atoms with Crippen LogP contribution in [0.3, 0.4) is 0 Å². The van der Waals surface area contributed by atoms with Crippen molar-refractivity contribution in [3.8, 4) is 0 Å². The molecule has 0 spiro atoms. The molecule has 1 aromatic rings. The summed E-state index contributed by atoms with van der Waals surface area (Å²) in [4.78, 5) is 28.2. The van der Waals surface area contributed by atoms with Crippen LogP contribution in [0.1, 0.15) is 15.9 Å². The van der Waals surface area contributed by atoms with E-state index in [9.17, 15) is 9.59 Å². The molecule has 2 N–H and O–H groups in total. The number of nitrogens with two attached hydrogens (primary N) is 1. The Labute approximate surface area is 129 Å². The average molecular weight is 303 g/mol. The molecule has 0 saturated carbocycles. The van der Waals surface area contributed by atoms with Crippen LogP contribution in [-0.4, -0.2) is 67.0 Å². The van der Waals surface area contributed by atoms with Crippen molar-refractivity contribution in [1.29, 1.82) is 0 Å². The fourth-order valence-electron chi connectivity index (χ4n) is 3.16. The Morgan fingerprint density at radius 1 is 1.23 bits per heavy atom. The van der Waals surface area contributed by atoms with Crippen LogP contribution in [0.15, 0.2) is 24.3 Å². The quantitative estimate of drug-likeness (QED) is 0.844. The molecule has 6 nitrogen and oxygen atoms in total. The molecule has 0 radical (unpaired) electrons. The van der Waals surface area contributed by atoms with Crippen LogP contribution in [-0.2, 0) is 16.0 Å². The Kier molecular flexibility index (Phi) is 4.40. The number of benzene rings is 1. The van der Waals surface area contributed by atoms with Gasteiger partial charge >= 0.3 is 0 Å². The zero-order valence-corrected chi connectivity index (χ0v) is 12.5. The van der Waals surface area contributed by atoms with Gasteiger partial charge in [-0.25, -0.2) is 0 Å². The number of piperazine rings is 1. The van der Waals surface area contributed by atoms with E-state index in [0.29, 0.717) is 24.3 Å². The van der Waals surface area contributed by atoms with Gasteiger partial charge in [-0.2, -0.15) is 0 Å². The third-order valence-electron chi connectivity index (χ3n) is 4.41.